The van der Waals surface area contributed by atoms with E-state index in [1.165, 1.54) is 12.8 Å². The third kappa shape index (κ3) is 4.92. The van der Waals surface area contributed by atoms with Crippen LogP contribution in [-0.4, -0.2) is 21.5 Å². The molecule has 1 atom stereocenters. The Kier molecular flexibility index (Phi) is 6.15. The van der Waals surface area contributed by atoms with Gasteiger partial charge in [-0.25, -0.2) is 0 Å². The summed E-state index contributed by atoms with van der Waals surface area (Å²) in [7, 11) is -0.897. The van der Waals surface area contributed by atoms with Gasteiger partial charge in [0.25, 0.3) is 0 Å². The van der Waals surface area contributed by atoms with Crippen LogP contribution in [0.2, 0.25) is 0 Å². The van der Waals surface area contributed by atoms with Gasteiger partial charge in [0.1, 0.15) is 5.78 Å². The molecular formula is C12H22O2S. The average molecular weight is 230 g/mol. The van der Waals surface area contributed by atoms with Crippen LogP contribution in [0.1, 0.15) is 51.9 Å². The molecule has 0 aromatic heterocycles. The summed E-state index contributed by atoms with van der Waals surface area (Å²) in [5.74, 6) is 1.52. The summed E-state index contributed by atoms with van der Waals surface area (Å²) in [6.45, 7) is 2.13. The predicted octanol–water partition coefficient (Wildman–Crippen LogP) is 2.68. The number of ketones is 1. The van der Waals surface area contributed by atoms with Gasteiger partial charge in [0, 0.05) is 22.5 Å². The van der Waals surface area contributed by atoms with Crippen molar-refractivity contribution in [3.8, 4) is 0 Å². The second-order valence-corrected chi connectivity index (χ2v) is 6.02. The zero-order valence-electron chi connectivity index (χ0n) is 9.67. The summed E-state index contributed by atoms with van der Waals surface area (Å²) in [5, 5.41) is 0. The molecule has 0 heterocycles. The average Bonchev–Trinajstić information content (AvgIpc) is 2.70. The van der Waals surface area contributed by atoms with Crippen molar-refractivity contribution in [2.24, 2.45) is 5.92 Å². The zero-order valence-corrected chi connectivity index (χ0v) is 10.5. The van der Waals surface area contributed by atoms with Crippen molar-refractivity contribution < 1.29 is 9.00 Å². The maximum absolute atomic E-state index is 11.7. The molecule has 1 saturated carbocycles. The van der Waals surface area contributed by atoms with Crippen LogP contribution in [0.3, 0.4) is 0 Å². The molecule has 2 nitrogen and oxygen atoms in total. The van der Waals surface area contributed by atoms with Crippen molar-refractivity contribution in [3.05, 3.63) is 0 Å². The molecule has 0 bridgehead atoms. The second kappa shape index (κ2) is 7.15. The van der Waals surface area contributed by atoms with Crippen LogP contribution in [0.5, 0.6) is 0 Å². The lowest BCUT2D eigenvalue weighted by Gasteiger charge is -2.07. The minimum atomic E-state index is -0.897. The zero-order chi connectivity index (χ0) is 11.1. The van der Waals surface area contributed by atoms with Crippen molar-refractivity contribution >= 4 is 16.6 Å². The lowest BCUT2D eigenvalue weighted by atomic mass is 10.0. The standard InChI is InChI=1S/C12H22O2S/c1-2-3-6-9-15(14)10-12(13)11-7-4-5-8-11/h11H,2-10H2,1H3. The number of carbonyl (C=O) groups excluding carboxylic acids is 1. The van der Waals surface area contributed by atoms with Crippen molar-refractivity contribution in [2.75, 3.05) is 11.5 Å². The molecule has 0 spiro atoms. The van der Waals surface area contributed by atoms with E-state index in [2.05, 4.69) is 6.92 Å². The molecule has 1 aliphatic carbocycles. The van der Waals surface area contributed by atoms with Gasteiger partial charge in [-0.1, -0.05) is 32.6 Å². The van der Waals surface area contributed by atoms with Gasteiger partial charge in [0.15, 0.2) is 0 Å². The van der Waals surface area contributed by atoms with Gasteiger partial charge >= 0.3 is 0 Å². The minimum absolute atomic E-state index is 0.236. The first-order chi connectivity index (χ1) is 7.24. The Bertz CT molecular complexity index is 220. The SMILES string of the molecule is CCCCCS(=O)CC(=O)C1CCCC1. The van der Waals surface area contributed by atoms with Crippen molar-refractivity contribution in [1.29, 1.82) is 0 Å². The lowest BCUT2D eigenvalue weighted by molar-refractivity contribution is -0.120. The maximum Gasteiger partial charge on any atom is 0.148 e. The highest BCUT2D eigenvalue weighted by Crippen LogP contribution is 2.25. The second-order valence-electron chi connectivity index (χ2n) is 4.44. The summed E-state index contributed by atoms with van der Waals surface area (Å²) < 4.78 is 11.6. The van der Waals surface area contributed by atoms with Gasteiger partial charge in [-0.05, 0) is 19.3 Å². The van der Waals surface area contributed by atoms with Gasteiger partial charge in [-0.3, -0.25) is 9.00 Å². The van der Waals surface area contributed by atoms with Crippen molar-refractivity contribution in [3.63, 3.8) is 0 Å². The third-order valence-electron chi connectivity index (χ3n) is 3.09. The Morgan fingerprint density at radius 1 is 1.27 bits per heavy atom. The molecule has 0 radical (unpaired) electrons. The number of rotatable bonds is 7. The Morgan fingerprint density at radius 2 is 1.93 bits per heavy atom. The fourth-order valence-corrected chi connectivity index (χ4v) is 3.33. The minimum Gasteiger partial charge on any atom is -0.298 e. The highest BCUT2D eigenvalue weighted by Gasteiger charge is 2.23. The quantitative estimate of drug-likeness (QED) is 0.630. The summed E-state index contributed by atoms with van der Waals surface area (Å²) >= 11 is 0. The van der Waals surface area contributed by atoms with E-state index >= 15 is 0 Å². The topological polar surface area (TPSA) is 34.1 Å². The molecule has 88 valence electrons. The molecule has 0 N–H and O–H groups in total. The fourth-order valence-electron chi connectivity index (χ4n) is 2.11. The summed E-state index contributed by atoms with van der Waals surface area (Å²) in [6, 6.07) is 0. The Balaban J connectivity index is 2.16. The van der Waals surface area contributed by atoms with E-state index in [1.807, 2.05) is 0 Å². The molecular weight excluding hydrogens is 208 g/mol. The third-order valence-corrected chi connectivity index (χ3v) is 4.44. The summed E-state index contributed by atoms with van der Waals surface area (Å²) in [6.07, 6.45) is 7.70. The van der Waals surface area contributed by atoms with Crippen LogP contribution < -0.4 is 0 Å². The van der Waals surface area contributed by atoms with Crippen molar-refractivity contribution in [1.82, 2.24) is 0 Å². The normalized spacial score (nSPS) is 19.3. The van der Waals surface area contributed by atoms with Crippen LogP contribution >= 0.6 is 0 Å². The molecule has 0 aliphatic heterocycles. The Hall–Kier alpha value is -0.180. The lowest BCUT2D eigenvalue weighted by Crippen LogP contribution is -2.19. The summed E-state index contributed by atoms with van der Waals surface area (Å²) in [5.41, 5.74) is 0. The fraction of sp³-hybridized carbons (Fsp3) is 0.917. The monoisotopic (exact) mass is 230 g/mol. The largest absolute Gasteiger partial charge is 0.298 e. The van der Waals surface area contributed by atoms with Crippen LogP contribution in [0.15, 0.2) is 0 Å². The van der Waals surface area contributed by atoms with Crippen LogP contribution in [0.25, 0.3) is 0 Å². The summed E-state index contributed by atoms with van der Waals surface area (Å²) in [4.78, 5) is 11.7. The molecule has 15 heavy (non-hydrogen) atoms. The smallest absolute Gasteiger partial charge is 0.148 e. The molecule has 0 aromatic carbocycles. The Morgan fingerprint density at radius 3 is 2.53 bits per heavy atom. The highest BCUT2D eigenvalue weighted by atomic mass is 32.2. The number of unbranched alkanes of at least 4 members (excludes halogenated alkanes) is 2. The number of hydrogen-bond donors (Lipinski definition) is 0. The van der Waals surface area contributed by atoms with Gasteiger partial charge < -0.3 is 0 Å². The van der Waals surface area contributed by atoms with Gasteiger partial charge in [0.05, 0.1) is 5.75 Å². The van der Waals surface area contributed by atoms with E-state index in [0.717, 1.165) is 32.1 Å². The molecule has 1 aliphatic rings. The Labute approximate surface area is 95.3 Å². The molecule has 0 saturated heterocycles. The van der Waals surface area contributed by atoms with E-state index in [1.54, 1.807) is 0 Å². The number of carbonyl (C=O) groups is 1. The first-order valence-electron chi connectivity index (χ1n) is 6.11. The molecule has 1 unspecified atom stereocenters. The van der Waals surface area contributed by atoms with E-state index in [4.69, 9.17) is 0 Å². The molecule has 0 amide bonds. The number of Topliss-reactive ketones (excluding diaryl/α,β-unsaturated/α-hetero) is 1. The van der Waals surface area contributed by atoms with Gasteiger partial charge in [0.2, 0.25) is 0 Å². The molecule has 0 aromatic rings. The van der Waals surface area contributed by atoms with E-state index in [9.17, 15) is 9.00 Å². The van der Waals surface area contributed by atoms with Crippen LogP contribution in [-0.2, 0) is 15.6 Å². The molecule has 1 fully saturated rings. The van der Waals surface area contributed by atoms with Gasteiger partial charge in [-0.15, -0.1) is 0 Å². The first kappa shape index (κ1) is 12.9. The maximum atomic E-state index is 11.7. The molecule has 3 heteroatoms. The van der Waals surface area contributed by atoms with Crippen LogP contribution in [0, 0.1) is 5.92 Å². The van der Waals surface area contributed by atoms with E-state index < -0.39 is 10.8 Å². The van der Waals surface area contributed by atoms with E-state index in [0.29, 0.717) is 11.5 Å². The van der Waals surface area contributed by atoms with E-state index in [-0.39, 0.29) is 11.7 Å². The number of hydrogen-bond acceptors (Lipinski definition) is 2. The van der Waals surface area contributed by atoms with Crippen molar-refractivity contribution in [2.45, 2.75) is 51.9 Å². The predicted molar refractivity (Wildman–Crippen MR) is 64.4 cm³/mol. The molecule has 1 rings (SSSR count). The highest BCUT2D eigenvalue weighted by molar-refractivity contribution is 7.85. The first-order valence-corrected chi connectivity index (χ1v) is 7.60. The van der Waals surface area contributed by atoms with Gasteiger partial charge in [-0.2, -0.15) is 0 Å². The van der Waals surface area contributed by atoms with Crippen LogP contribution in [0.4, 0.5) is 0 Å².